The van der Waals surface area contributed by atoms with Gasteiger partial charge in [-0.05, 0) is 46.9 Å². The van der Waals surface area contributed by atoms with Crippen molar-refractivity contribution < 1.29 is 24.2 Å². The second kappa shape index (κ2) is 13.8. The Balaban J connectivity index is 1.45. The highest BCUT2D eigenvalue weighted by Crippen LogP contribution is 2.44. The lowest BCUT2D eigenvalue weighted by Gasteiger charge is -2.30. The molecule has 0 heterocycles. The smallest absolute Gasteiger partial charge is 0.410 e. The summed E-state index contributed by atoms with van der Waals surface area (Å²) in [6, 6.07) is 14.6. The molecule has 7 nitrogen and oxygen atoms in total. The van der Waals surface area contributed by atoms with Gasteiger partial charge in [-0.15, -0.1) is 0 Å². The van der Waals surface area contributed by atoms with E-state index in [0.29, 0.717) is 18.8 Å². The maximum Gasteiger partial charge on any atom is 0.410 e. The minimum atomic E-state index is -1.04. The highest BCUT2D eigenvalue weighted by Gasteiger charge is 2.35. The third-order valence-corrected chi connectivity index (χ3v) is 8.73. The predicted molar refractivity (Wildman–Crippen MR) is 156 cm³/mol. The Morgan fingerprint density at radius 3 is 2.20 bits per heavy atom. The molecule has 0 spiro atoms. The van der Waals surface area contributed by atoms with Crippen LogP contribution in [-0.4, -0.2) is 53.7 Å². The zero-order valence-electron chi connectivity index (χ0n) is 24.1. The van der Waals surface area contributed by atoms with Crippen molar-refractivity contribution in [2.45, 2.75) is 89.6 Å². The Labute approximate surface area is 238 Å². The van der Waals surface area contributed by atoms with Crippen LogP contribution in [0.4, 0.5) is 4.79 Å². The number of nitrogens with one attached hydrogen (secondary N) is 1. The number of carbonyl (C=O) groups excluding carboxylic acids is 2. The number of amides is 2. The number of carboxylic acids is 1. The van der Waals surface area contributed by atoms with E-state index in [2.05, 4.69) is 36.5 Å². The number of nitrogens with zero attached hydrogens (tertiary/aromatic N) is 1. The average Bonchev–Trinajstić information content (AvgIpc) is 3.58. The van der Waals surface area contributed by atoms with Crippen molar-refractivity contribution in [2.75, 3.05) is 13.7 Å². The van der Waals surface area contributed by atoms with Crippen LogP contribution < -0.4 is 5.32 Å². The fourth-order valence-electron chi connectivity index (χ4n) is 6.39. The van der Waals surface area contributed by atoms with Gasteiger partial charge in [-0.1, -0.05) is 107 Å². The summed E-state index contributed by atoms with van der Waals surface area (Å²) in [7, 11) is 1.59. The molecule has 216 valence electrons. The van der Waals surface area contributed by atoms with Crippen molar-refractivity contribution >= 4 is 18.0 Å². The number of hydrogen-bond acceptors (Lipinski definition) is 4. The molecule has 0 bridgehead atoms. The summed E-state index contributed by atoms with van der Waals surface area (Å²) in [5.41, 5.74) is 4.56. The third-order valence-electron chi connectivity index (χ3n) is 8.73. The molecule has 1 saturated carbocycles. The van der Waals surface area contributed by atoms with Gasteiger partial charge in [-0.25, -0.2) is 9.59 Å². The van der Waals surface area contributed by atoms with Gasteiger partial charge in [-0.2, -0.15) is 0 Å². The zero-order chi connectivity index (χ0) is 28.6. The minimum absolute atomic E-state index is 0.0761. The molecule has 2 aromatic rings. The van der Waals surface area contributed by atoms with Crippen LogP contribution in [0.5, 0.6) is 0 Å². The second-order valence-electron chi connectivity index (χ2n) is 11.7. The maximum atomic E-state index is 13.6. The Morgan fingerprint density at radius 1 is 1.02 bits per heavy atom. The summed E-state index contributed by atoms with van der Waals surface area (Å²) in [6.45, 7) is 4.30. The van der Waals surface area contributed by atoms with Gasteiger partial charge in [0, 0.05) is 13.0 Å². The lowest BCUT2D eigenvalue weighted by atomic mass is 9.94. The highest BCUT2D eigenvalue weighted by molar-refractivity contribution is 5.89. The molecule has 2 amide bonds. The van der Waals surface area contributed by atoms with Gasteiger partial charge in [0.15, 0.2) is 0 Å². The summed E-state index contributed by atoms with van der Waals surface area (Å²) in [4.78, 5) is 40.3. The van der Waals surface area contributed by atoms with Gasteiger partial charge in [0.25, 0.3) is 0 Å². The summed E-state index contributed by atoms with van der Waals surface area (Å²) < 4.78 is 5.85. The van der Waals surface area contributed by atoms with Crippen molar-refractivity contribution in [1.82, 2.24) is 10.2 Å². The molecule has 0 saturated heterocycles. The number of benzene rings is 2. The Bertz CT molecular complexity index is 1130. The van der Waals surface area contributed by atoms with E-state index in [9.17, 15) is 19.5 Å². The number of rotatable bonds is 13. The van der Waals surface area contributed by atoms with Crippen molar-refractivity contribution in [3.05, 3.63) is 59.7 Å². The first-order chi connectivity index (χ1) is 19.3. The summed E-state index contributed by atoms with van der Waals surface area (Å²) in [6.07, 6.45) is 7.54. The third kappa shape index (κ3) is 7.04. The molecule has 0 aromatic heterocycles. The molecule has 0 unspecified atom stereocenters. The van der Waals surface area contributed by atoms with Gasteiger partial charge in [0.2, 0.25) is 5.91 Å². The molecule has 4 rings (SSSR count). The predicted octanol–water partition coefficient (Wildman–Crippen LogP) is 6.60. The lowest BCUT2D eigenvalue weighted by molar-refractivity contribution is -0.143. The number of carboxylic acid groups (broad SMARTS) is 1. The molecule has 2 aromatic carbocycles. The van der Waals surface area contributed by atoms with E-state index in [1.165, 1.54) is 4.90 Å². The van der Waals surface area contributed by atoms with E-state index in [4.69, 9.17) is 4.74 Å². The van der Waals surface area contributed by atoms with Gasteiger partial charge in [0.05, 0.1) is 0 Å². The van der Waals surface area contributed by atoms with E-state index in [-0.39, 0.29) is 18.4 Å². The Kier molecular flexibility index (Phi) is 10.2. The van der Waals surface area contributed by atoms with Crippen LogP contribution >= 0.6 is 0 Å². The van der Waals surface area contributed by atoms with Crippen molar-refractivity contribution in [1.29, 1.82) is 0 Å². The number of carbonyl (C=O) groups is 3. The molecule has 0 radical (unpaired) electrons. The minimum Gasteiger partial charge on any atom is -0.480 e. The number of likely N-dealkylation sites (N-methyl/N-ethyl adjacent to an activating group) is 1. The largest absolute Gasteiger partial charge is 0.480 e. The normalized spacial score (nSPS) is 17.0. The van der Waals surface area contributed by atoms with E-state index in [1.54, 1.807) is 7.05 Å². The van der Waals surface area contributed by atoms with Crippen molar-refractivity contribution in [3.8, 4) is 11.1 Å². The zero-order valence-corrected chi connectivity index (χ0v) is 24.1. The first kappa shape index (κ1) is 29.6. The molecular formula is C33H44N2O5. The van der Waals surface area contributed by atoms with Crippen LogP contribution in [0.25, 0.3) is 11.1 Å². The van der Waals surface area contributed by atoms with Crippen LogP contribution in [0.15, 0.2) is 48.5 Å². The van der Waals surface area contributed by atoms with Crippen LogP contribution in [0, 0.1) is 11.8 Å². The molecule has 2 aliphatic carbocycles. The SMILES string of the molecule is CCCC[C@@H](C)C[C@H](NC(=O)[C@H](CC1CCCC1)N(C)C(=O)OCC1c2ccccc2-c2ccccc21)C(=O)O. The maximum absolute atomic E-state index is 13.6. The Morgan fingerprint density at radius 2 is 1.62 bits per heavy atom. The molecule has 0 aliphatic heterocycles. The summed E-state index contributed by atoms with van der Waals surface area (Å²) in [5.74, 6) is -1.04. The number of aliphatic carboxylic acids is 1. The Hall–Kier alpha value is -3.35. The van der Waals surface area contributed by atoms with Crippen molar-refractivity contribution in [3.63, 3.8) is 0 Å². The first-order valence-electron chi connectivity index (χ1n) is 14.9. The average molecular weight is 549 g/mol. The number of unbranched alkanes of at least 4 members (excludes halogenated alkanes) is 1. The number of ether oxygens (including phenoxy) is 1. The van der Waals surface area contributed by atoms with E-state index in [1.807, 2.05) is 31.2 Å². The molecule has 2 aliphatic rings. The van der Waals surface area contributed by atoms with E-state index >= 15 is 0 Å². The molecule has 3 atom stereocenters. The van der Waals surface area contributed by atoms with Crippen LogP contribution in [-0.2, 0) is 14.3 Å². The monoisotopic (exact) mass is 548 g/mol. The number of hydrogen-bond donors (Lipinski definition) is 2. The van der Waals surface area contributed by atoms with Crippen LogP contribution in [0.1, 0.15) is 88.7 Å². The molecular weight excluding hydrogens is 504 g/mol. The molecule has 40 heavy (non-hydrogen) atoms. The molecule has 2 N–H and O–H groups in total. The van der Waals surface area contributed by atoms with Gasteiger partial charge in [-0.3, -0.25) is 9.69 Å². The van der Waals surface area contributed by atoms with Gasteiger partial charge >= 0.3 is 12.1 Å². The topological polar surface area (TPSA) is 95.9 Å². The molecule has 7 heteroatoms. The highest BCUT2D eigenvalue weighted by atomic mass is 16.6. The quantitative estimate of drug-likeness (QED) is 0.294. The lowest BCUT2D eigenvalue weighted by Crippen LogP contribution is -2.53. The van der Waals surface area contributed by atoms with Crippen LogP contribution in [0.3, 0.4) is 0 Å². The number of fused-ring (bicyclic) bond motifs is 3. The van der Waals surface area contributed by atoms with Crippen molar-refractivity contribution in [2.24, 2.45) is 11.8 Å². The molecule has 1 fully saturated rings. The second-order valence-corrected chi connectivity index (χ2v) is 11.7. The van der Waals surface area contributed by atoms with E-state index < -0.39 is 30.1 Å². The fraction of sp³-hybridized carbons (Fsp3) is 0.545. The first-order valence-corrected chi connectivity index (χ1v) is 14.9. The summed E-state index contributed by atoms with van der Waals surface area (Å²) in [5, 5.41) is 12.6. The fourth-order valence-corrected chi connectivity index (χ4v) is 6.39. The summed E-state index contributed by atoms with van der Waals surface area (Å²) >= 11 is 0. The standard InChI is InChI=1S/C33H44N2O5/c1-4-5-12-22(2)19-29(32(37)38)34-31(36)30(20-23-13-6-7-14-23)35(3)33(39)40-21-28-26-17-10-8-15-24(26)25-16-9-11-18-27(25)28/h8-11,15-18,22-23,28-30H,4-7,12-14,19-21H2,1-3H3,(H,34,36)(H,37,38)/t22-,29+,30+/m1/s1. The van der Waals surface area contributed by atoms with E-state index in [0.717, 1.165) is 67.2 Å². The van der Waals surface area contributed by atoms with Gasteiger partial charge < -0.3 is 15.2 Å². The van der Waals surface area contributed by atoms with Gasteiger partial charge in [0.1, 0.15) is 18.7 Å². The van der Waals surface area contributed by atoms with Crippen LogP contribution in [0.2, 0.25) is 0 Å².